The summed E-state index contributed by atoms with van der Waals surface area (Å²) in [7, 11) is -3.49. The zero-order chi connectivity index (χ0) is 21.8. The van der Waals surface area contributed by atoms with E-state index in [2.05, 4.69) is 36.1 Å². The standard InChI is InChI=1S/C24H31N3O3S/c1-20-6-5-7-21(18-20)19-25-12-10-22(11-13-25)24(28)26-14-16-27(17-15-26)31(29,30)23-8-3-2-4-9-23/h2-9,18,22H,10-17,19H2,1H3. The lowest BCUT2D eigenvalue weighted by Crippen LogP contribution is -2.52. The molecule has 0 bridgehead atoms. The molecule has 2 aromatic carbocycles. The van der Waals surface area contributed by atoms with Gasteiger partial charge in [0.05, 0.1) is 4.90 Å². The molecule has 2 heterocycles. The summed E-state index contributed by atoms with van der Waals surface area (Å²) in [5, 5.41) is 0. The van der Waals surface area contributed by atoms with Gasteiger partial charge in [-0.05, 0) is 50.6 Å². The van der Waals surface area contributed by atoms with Gasteiger partial charge in [-0.15, -0.1) is 0 Å². The Kier molecular flexibility index (Phi) is 6.74. The lowest BCUT2D eigenvalue weighted by molar-refractivity contribution is -0.138. The van der Waals surface area contributed by atoms with Crippen LogP contribution in [0.5, 0.6) is 0 Å². The highest BCUT2D eigenvalue weighted by atomic mass is 32.2. The van der Waals surface area contributed by atoms with E-state index < -0.39 is 10.0 Å². The molecule has 4 rings (SSSR count). The van der Waals surface area contributed by atoms with Gasteiger partial charge in [-0.1, -0.05) is 48.0 Å². The SMILES string of the molecule is Cc1cccc(CN2CCC(C(=O)N3CCN(S(=O)(=O)c4ccccc4)CC3)CC2)c1. The van der Waals surface area contributed by atoms with Crippen molar-refractivity contribution in [3.05, 3.63) is 65.7 Å². The Morgan fingerprint density at radius 3 is 2.23 bits per heavy atom. The van der Waals surface area contributed by atoms with Gasteiger partial charge in [0.1, 0.15) is 0 Å². The predicted octanol–water partition coefficient (Wildman–Crippen LogP) is 2.74. The number of aryl methyl sites for hydroxylation is 1. The molecule has 2 aliphatic heterocycles. The summed E-state index contributed by atoms with van der Waals surface area (Å²) in [6, 6.07) is 17.1. The Bertz CT molecular complexity index is 994. The fourth-order valence-corrected chi connectivity index (χ4v) is 6.00. The number of nitrogens with zero attached hydrogens (tertiary/aromatic N) is 3. The number of likely N-dealkylation sites (tertiary alicyclic amines) is 1. The first-order chi connectivity index (χ1) is 14.9. The number of sulfonamides is 1. The van der Waals surface area contributed by atoms with E-state index in [9.17, 15) is 13.2 Å². The molecule has 166 valence electrons. The van der Waals surface area contributed by atoms with E-state index in [4.69, 9.17) is 0 Å². The number of carbonyl (C=O) groups excluding carboxylic acids is 1. The fraction of sp³-hybridized carbons (Fsp3) is 0.458. The maximum Gasteiger partial charge on any atom is 0.243 e. The third kappa shape index (κ3) is 5.17. The Balaban J connectivity index is 1.27. The second kappa shape index (κ2) is 9.51. The molecular formula is C24H31N3O3S. The van der Waals surface area contributed by atoms with Crippen molar-refractivity contribution >= 4 is 15.9 Å². The van der Waals surface area contributed by atoms with Crippen LogP contribution in [-0.2, 0) is 21.4 Å². The van der Waals surface area contributed by atoms with E-state index >= 15 is 0 Å². The van der Waals surface area contributed by atoms with E-state index in [1.54, 1.807) is 24.3 Å². The maximum absolute atomic E-state index is 13.0. The molecule has 6 nitrogen and oxygen atoms in total. The van der Waals surface area contributed by atoms with Gasteiger partial charge in [-0.3, -0.25) is 9.69 Å². The molecule has 0 radical (unpaired) electrons. The number of hydrogen-bond acceptors (Lipinski definition) is 4. The van der Waals surface area contributed by atoms with Crippen LogP contribution in [0.2, 0.25) is 0 Å². The van der Waals surface area contributed by atoms with Crippen LogP contribution in [0.1, 0.15) is 24.0 Å². The van der Waals surface area contributed by atoms with Gasteiger partial charge >= 0.3 is 0 Å². The zero-order valence-corrected chi connectivity index (χ0v) is 18.9. The fourth-order valence-electron chi connectivity index (χ4n) is 4.56. The smallest absolute Gasteiger partial charge is 0.243 e. The molecule has 2 fully saturated rings. The lowest BCUT2D eigenvalue weighted by Gasteiger charge is -2.38. The average Bonchev–Trinajstić information content (AvgIpc) is 2.80. The number of carbonyl (C=O) groups is 1. The van der Waals surface area contributed by atoms with E-state index in [0.717, 1.165) is 32.5 Å². The van der Waals surface area contributed by atoms with Crippen LogP contribution >= 0.6 is 0 Å². The van der Waals surface area contributed by atoms with Crippen molar-refractivity contribution in [2.24, 2.45) is 5.92 Å². The van der Waals surface area contributed by atoms with Crippen molar-refractivity contribution in [3.8, 4) is 0 Å². The van der Waals surface area contributed by atoms with E-state index in [0.29, 0.717) is 31.1 Å². The van der Waals surface area contributed by atoms with Crippen LogP contribution in [0.25, 0.3) is 0 Å². The van der Waals surface area contributed by atoms with E-state index in [-0.39, 0.29) is 11.8 Å². The summed E-state index contributed by atoms with van der Waals surface area (Å²) in [5.74, 6) is 0.234. The molecule has 0 aromatic heterocycles. The monoisotopic (exact) mass is 441 g/mol. The highest BCUT2D eigenvalue weighted by Gasteiger charge is 2.33. The molecule has 2 saturated heterocycles. The molecule has 0 saturated carbocycles. The molecule has 7 heteroatoms. The highest BCUT2D eigenvalue weighted by Crippen LogP contribution is 2.23. The number of rotatable bonds is 5. The van der Waals surface area contributed by atoms with Crippen LogP contribution in [-0.4, -0.2) is 67.7 Å². The summed E-state index contributed by atoms with van der Waals surface area (Å²) in [6.45, 7) is 6.53. The lowest BCUT2D eigenvalue weighted by atomic mass is 9.94. The number of hydrogen-bond donors (Lipinski definition) is 0. The molecular weight excluding hydrogens is 410 g/mol. The molecule has 0 atom stereocenters. The summed E-state index contributed by atoms with van der Waals surface area (Å²) >= 11 is 0. The third-order valence-corrected chi connectivity index (χ3v) is 8.27. The molecule has 0 unspecified atom stereocenters. The van der Waals surface area contributed by atoms with Gasteiger partial charge in [0.2, 0.25) is 15.9 Å². The van der Waals surface area contributed by atoms with Gasteiger partial charge in [0.15, 0.2) is 0 Å². The van der Waals surface area contributed by atoms with E-state index in [1.165, 1.54) is 15.4 Å². The molecule has 0 aliphatic carbocycles. The van der Waals surface area contributed by atoms with Gasteiger partial charge in [0.25, 0.3) is 0 Å². The first-order valence-electron chi connectivity index (χ1n) is 11.1. The summed E-state index contributed by atoms with van der Waals surface area (Å²) in [5.41, 5.74) is 2.59. The van der Waals surface area contributed by atoms with Crippen LogP contribution in [0.4, 0.5) is 0 Å². The largest absolute Gasteiger partial charge is 0.340 e. The number of piperidine rings is 1. The van der Waals surface area contributed by atoms with Crippen LogP contribution in [0.15, 0.2) is 59.5 Å². The molecule has 2 aliphatic rings. The van der Waals surface area contributed by atoms with Crippen LogP contribution < -0.4 is 0 Å². The predicted molar refractivity (Wildman–Crippen MR) is 121 cm³/mol. The van der Waals surface area contributed by atoms with Crippen molar-refractivity contribution < 1.29 is 13.2 Å². The summed E-state index contributed by atoms with van der Waals surface area (Å²) in [6.07, 6.45) is 1.74. The quantitative estimate of drug-likeness (QED) is 0.716. The Morgan fingerprint density at radius 1 is 0.903 bits per heavy atom. The molecule has 1 amide bonds. The Hall–Kier alpha value is -2.22. The van der Waals surface area contributed by atoms with Crippen molar-refractivity contribution in [1.29, 1.82) is 0 Å². The molecule has 0 spiro atoms. The zero-order valence-electron chi connectivity index (χ0n) is 18.1. The Labute approximate surface area is 185 Å². The topological polar surface area (TPSA) is 60.9 Å². The minimum absolute atomic E-state index is 0.0473. The van der Waals surface area contributed by atoms with Crippen molar-refractivity contribution in [1.82, 2.24) is 14.1 Å². The average molecular weight is 442 g/mol. The number of benzene rings is 2. The number of piperazine rings is 1. The molecule has 2 aromatic rings. The molecule has 0 N–H and O–H groups in total. The minimum atomic E-state index is -3.49. The maximum atomic E-state index is 13.0. The Morgan fingerprint density at radius 2 is 1.58 bits per heavy atom. The van der Waals surface area contributed by atoms with Crippen LogP contribution in [0.3, 0.4) is 0 Å². The summed E-state index contributed by atoms with van der Waals surface area (Å²) in [4.78, 5) is 17.6. The van der Waals surface area contributed by atoms with E-state index in [1.807, 2.05) is 11.0 Å². The van der Waals surface area contributed by atoms with Gasteiger partial charge in [0, 0.05) is 38.6 Å². The van der Waals surface area contributed by atoms with Gasteiger partial charge < -0.3 is 4.90 Å². The van der Waals surface area contributed by atoms with Crippen molar-refractivity contribution in [2.75, 3.05) is 39.3 Å². The van der Waals surface area contributed by atoms with Crippen LogP contribution in [0, 0.1) is 12.8 Å². The molecule has 31 heavy (non-hydrogen) atoms. The minimum Gasteiger partial charge on any atom is -0.340 e. The summed E-state index contributed by atoms with van der Waals surface area (Å²) < 4.78 is 27.1. The third-order valence-electron chi connectivity index (χ3n) is 6.36. The van der Waals surface area contributed by atoms with Crippen molar-refractivity contribution in [2.45, 2.75) is 31.2 Å². The van der Waals surface area contributed by atoms with Gasteiger partial charge in [-0.25, -0.2) is 8.42 Å². The van der Waals surface area contributed by atoms with Gasteiger partial charge in [-0.2, -0.15) is 4.31 Å². The van der Waals surface area contributed by atoms with Crippen molar-refractivity contribution in [3.63, 3.8) is 0 Å². The number of amides is 1. The highest BCUT2D eigenvalue weighted by molar-refractivity contribution is 7.89. The second-order valence-corrected chi connectivity index (χ2v) is 10.5. The first-order valence-corrected chi connectivity index (χ1v) is 12.5. The first kappa shape index (κ1) is 22.0. The second-order valence-electron chi connectivity index (χ2n) is 8.58. The normalized spacial score (nSPS) is 19.5.